The molecule has 0 bridgehead atoms. The van der Waals surface area contributed by atoms with E-state index in [1.165, 1.54) is 72.8 Å². The van der Waals surface area contributed by atoms with Gasteiger partial charge in [-0.1, -0.05) is 36.4 Å². The second-order valence-electron chi connectivity index (χ2n) is 5.34. The van der Waals surface area contributed by atoms with Gasteiger partial charge < -0.3 is 19.6 Å². The molecule has 9 heteroatoms. The fraction of sp³-hybridized carbons (Fsp3) is 0. The Balaban J connectivity index is 2.01. The van der Waals surface area contributed by atoms with Gasteiger partial charge in [-0.15, -0.1) is 0 Å². The molecule has 0 amide bonds. The van der Waals surface area contributed by atoms with Crippen LogP contribution in [0.25, 0.3) is 12.2 Å². The van der Waals surface area contributed by atoms with E-state index in [0.29, 0.717) is 11.1 Å². The SMILES string of the molecule is O=C(/C=C/c1ccc(P(=O)(O)O)cc1)/C=C/c1ccc(P(=O)(O)O)cc1. The third-order valence-corrected chi connectivity index (χ3v) is 5.28. The van der Waals surface area contributed by atoms with Crippen molar-refractivity contribution >= 4 is 43.7 Å². The van der Waals surface area contributed by atoms with Crippen LogP contribution in [-0.2, 0) is 13.9 Å². The lowest BCUT2D eigenvalue weighted by atomic mass is 10.1. The minimum absolute atomic E-state index is 0.0976. The molecule has 0 aliphatic carbocycles. The van der Waals surface area contributed by atoms with Crippen LogP contribution < -0.4 is 10.6 Å². The Morgan fingerprint density at radius 2 is 0.962 bits per heavy atom. The number of benzene rings is 2. The molecule has 0 aromatic heterocycles. The first-order valence-corrected chi connectivity index (χ1v) is 10.5. The summed E-state index contributed by atoms with van der Waals surface area (Å²) in [6.07, 6.45) is 5.61. The highest BCUT2D eigenvalue weighted by Gasteiger charge is 2.16. The number of hydrogen-bond donors (Lipinski definition) is 4. The molecule has 26 heavy (non-hydrogen) atoms. The topological polar surface area (TPSA) is 132 Å². The predicted molar refractivity (Wildman–Crippen MR) is 99.3 cm³/mol. The molecule has 0 radical (unpaired) electrons. The zero-order valence-electron chi connectivity index (χ0n) is 13.3. The molecular formula is C17H16O7P2. The van der Waals surface area contributed by atoms with Gasteiger partial charge in [-0.3, -0.25) is 13.9 Å². The maximum atomic E-state index is 11.8. The van der Waals surface area contributed by atoms with Crippen LogP contribution in [0.5, 0.6) is 0 Å². The minimum atomic E-state index is -4.29. The largest absolute Gasteiger partial charge is 0.356 e. The van der Waals surface area contributed by atoms with E-state index in [-0.39, 0.29) is 16.4 Å². The fourth-order valence-electron chi connectivity index (χ4n) is 1.97. The van der Waals surface area contributed by atoms with Crippen molar-refractivity contribution < 1.29 is 33.5 Å². The number of carbonyl (C=O) groups excluding carboxylic acids is 1. The molecule has 0 fully saturated rings. The zero-order chi connectivity index (χ0) is 19.4. The number of rotatable bonds is 6. The summed E-state index contributed by atoms with van der Waals surface area (Å²) in [7, 11) is -8.57. The molecule has 2 rings (SSSR count). The third kappa shape index (κ3) is 6.00. The monoisotopic (exact) mass is 394 g/mol. The van der Waals surface area contributed by atoms with Crippen molar-refractivity contribution in [2.24, 2.45) is 0 Å². The van der Waals surface area contributed by atoms with Crippen molar-refractivity contribution in [2.45, 2.75) is 0 Å². The smallest absolute Gasteiger partial charge is 0.321 e. The third-order valence-electron chi connectivity index (χ3n) is 3.34. The number of carbonyl (C=O) groups is 1. The molecule has 136 valence electrons. The van der Waals surface area contributed by atoms with Crippen LogP contribution in [0.3, 0.4) is 0 Å². The quantitative estimate of drug-likeness (QED) is 0.432. The van der Waals surface area contributed by atoms with E-state index in [1.807, 2.05) is 0 Å². The molecule has 2 aromatic rings. The summed E-state index contributed by atoms with van der Waals surface area (Å²) in [5, 5.41) is -0.195. The summed E-state index contributed by atoms with van der Waals surface area (Å²) in [6, 6.07) is 11.1. The van der Waals surface area contributed by atoms with Gasteiger partial charge in [-0.05, 0) is 47.5 Å². The van der Waals surface area contributed by atoms with Crippen LogP contribution in [0.15, 0.2) is 60.7 Å². The Labute approximate surface area is 149 Å². The first-order chi connectivity index (χ1) is 12.1. The molecule has 0 unspecified atom stereocenters. The van der Waals surface area contributed by atoms with Gasteiger partial charge >= 0.3 is 15.2 Å². The van der Waals surface area contributed by atoms with E-state index in [0.717, 1.165) is 0 Å². The summed E-state index contributed by atoms with van der Waals surface area (Å²) in [5.74, 6) is -0.317. The highest BCUT2D eigenvalue weighted by Crippen LogP contribution is 2.33. The van der Waals surface area contributed by atoms with Gasteiger partial charge in [0.1, 0.15) is 0 Å². The first-order valence-electron chi connectivity index (χ1n) is 7.28. The fourth-order valence-corrected chi connectivity index (χ4v) is 3.05. The molecular weight excluding hydrogens is 378 g/mol. The number of allylic oxidation sites excluding steroid dienone is 2. The highest BCUT2D eigenvalue weighted by atomic mass is 31.2. The molecule has 0 heterocycles. The number of hydrogen-bond acceptors (Lipinski definition) is 3. The Morgan fingerprint density at radius 3 is 1.23 bits per heavy atom. The highest BCUT2D eigenvalue weighted by molar-refractivity contribution is 7.60. The minimum Gasteiger partial charge on any atom is -0.321 e. The van der Waals surface area contributed by atoms with Gasteiger partial charge in [-0.25, -0.2) is 0 Å². The van der Waals surface area contributed by atoms with Crippen molar-refractivity contribution in [3.63, 3.8) is 0 Å². The van der Waals surface area contributed by atoms with Gasteiger partial charge in [0.25, 0.3) is 0 Å². The molecule has 0 saturated heterocycles. The summed E-state index contributed by atoms with van der Waals surface area (Å²) in [4.78, 5) is 47.9. The summed E-state index contributed by atoms with van der Waals surface area (Å²) >= 11 is 0. The van der Waals surface area contributed by atoms with Gasteiger partial charge in [0.15, 0.2) is 5.78 Å². The van der Waals surface area contributed by atoms with Crippen molar-refractivity contribution in [1.29, 1.82) is 0 Å². The van der Waals surface area contributed by atoms with E-state index >= 15 is 0 Å². The lowest BCUT2D eigenvalue weighted by molar-refractivity contribution is -0.110. The molecule has 0 atom stereocenters. The maximum Gasteiger partial charge on any atom is 0.356 e. The second-order valence-corrected chi connectivity index (χ2v) is 8.55. The standard InChI is InChI=1S/C17H16O7P2/c18-15(7-1-13-3-9-16(10-4-13)25(19,20)21)8-2-14-5-11-17(12-6-14)26(22,23)24/h1-12H,(H2,19,20,21)(H2,22,23,24)/b7-1+,8-2+. The average Bonchev–Trinajstić information content (AvgIpc) is 2.57. The Hall–Kier alpha value is -2.11. The van der Waals surface area contributed by atoms with Crippen LogP contribution in [-0.4, -0.2) is 25.4 Å². The Kier molecular flexibility index (Phi) is 6.26. The predicted octanol–water partition coefficient (Wildman–Crippen LogP) is 1.59. The molecule has 7 nitrogen and oxygen atoms in total. The van der Waals surface area contributed by atoms with Crippen LogP contribution in [0.4, 0.5) is 0 Å². The van der Waals surface area contributed by atoms with Gasteiger partial charge in [-0.2, -0.15) is 0 Å². The van der Waals surface area contributed by atoms with Crippen LogP contribution in [0.1, 0.15) is 11.1 Å². The van der Waals surface area contributed by atoms with E-state index in [9.17, 15) is 13.9 Å². The van der Waals surface area contributed by atoms with Gasteiger partial charge in [0, 0.05) is 0 Å². The zero-order valence-corrected chi connectivity index (χ0v) is 15.1. The van der Waals surface area contributed by atoms with Gasteiger partial charge in [0.2, 0.25) is 0 Å². The maximum absolute atomic E-state index is 11.8. The first kappa shape index (κ1) is 20.2. The molecule has 0 spiro atoms. The molecule has 0 aliphatic heterocycles. The van der Waals surface area contributed by atoms with Crippen molar-refractivity contribution in [3.8, 4) is 0 Å². The summed E-state index contributed by atoms with van der Waals surface area (Å²) < 4.78 is 22.2. The van der Waals surface area contributed by atoms with Crippen molar-refractivity contribution in [3.05, 3.63) is 71.8 Å². The number of ketones is 1. The average molecular weight is 394 g/mol. The lowest BCUT2D eigenvalue weighted by Crippen LogP contribution is -2.02. The molecule has 0 aliphatic rings. The summed E-state index contributed by atoms with van der Waals surface area (Å²) in [6.45, 7) is 0. The lowest BCUT2D eigenvalue weighted by Gasteiger charge is -2.03. The second kappa shape index (κ2) is 8.06. The normalized spacial score (nSPS) is 12.8. The van der Waals surface area contributed by atoms with E-state index in [2.05, 4.69) is 0 Å². The van der Waals surface area contributed by atoms with Crippen molar-refractivity contribution in [1.82, 2.24) is 0 Å². The van der Waals surface area contributed by atoms with E-state index < -0.39 is 15.2 Å². The molecule has 2 aromatic carbocycles. The van der Waals surface area contributed by atoms with Crippen LogP contribution in [0.2, 0.25) is 0 Å². The van der Waals surface area contributed by atoms with Crippen molar-refractivity contribution in [2.75, 3.05) is 0 Å². The van der Waals surface area contributed by atoms with Crippen LogP contribution in [0, 0.1) is 0 Å². The van der Waals surface area contributed by atoms with Crippen LogP contribution >= 0.6 is 15.2 Å². The molecule has 4 N–H and O–H groups in total. The van der Waals surface area contributed by atoms with Gasteiger partial charge in [0.05, 0.1) is 10.6 Å². The Bertz CT molecular complexity index is 855. The molecule has 0 saturated carbocycles. The summed E-state index contributed by atoms with van der Waals surface area (Å²) in [5.41, 5.74) is 1.21. The Morgan fingerprint density at radius 1 is 0.654 bits per heavy atom. The van der Waals surface area contributed by atoms with E-state index in [1.54, 1.807) is 0 Å². The van der Waals surface area contributed by atoms with E-state index in [4.69, 9.17) is 19.6 Å².